The van der Waals surface area contributed by atoms with Crippen molar-refractivity contribution in [2.45, 2.75) is 348 Å². The lowest BCUT2D eigenvalue weighted by atomic mass is 9.90. The van der Waals surface area contributed by atoms with Gasteiger partial charge >= 0.3 is 5.97 Å². The van der Waals surface area contributed by atoms with Gasteiger partial charge in [0.2, 0.25) is 0 Å². The van der Waals surface area contributed by atoms with Crippen LogP contribution >= 0.6 is 0 Å². The molecule has 8 aromatic carbocycles. The summed E-state index contributed by atoms with van der Waals surface area (Å²) < 4.78 is 43.5. The Labute approximate surface area is 718 Å². The van der Waals surface area contributed by atoms with E-state index < -0.39 is 0 Å². The Morgan fingerprint density at radius 3 is 0.771 bits per heavy atom. The molecule has 12 nitrogen and oxygen atoms in total. The number of benzene rings is 8. The molecule has 1 saturated carbocycles. The fraction of sp³-hybridized carbons (Fsp3) is 0.538. The predicted octanol–water partition coefficient (Wildman–Crippen LogP) is 30.7. The molecule has 1 aliphatic carbocycles. The average molecular weight is 1630 g/mol. The minimum atomic E-state index is -0.308. The average Bonchev–Trinajstić information content (AvgIpc) is 0.934. The summed E-state index contributed by atoms with van der Waals surface area (Å²) in [5, 5.41) is 27.0. The molecule has 3 N–H and O–H groups in total. The molecule has 8 aromatic rings. The maximum atomic E-state index is 11.7. The lowest BCUT2D eigenvalue weighted by molar-refractivity contribution is -0.161. The third-order valence-corrected chi connectivity index (χ3v) is 22.1. The van der Waals surface area contributed by atoms with Crippen LogP contribution in [0.15, 0.2) is 200 Å². The highest BCUT2D eigenvalue weighted by molar-refractivity contribution is 5.76. The van der Waals surface area contributed by atoms with Gasteiger partial charge in [-0.2, -0.15) is 0 Å². The largest absolute Gasteiger partial charge is 0.508 e. The first kappa shape index (κ1) is 108. The summed E-state index contributed by atoms with van der Waals surface area (Å²) in [5.41, 5.74) is 10.5. The number of hydrogen-bond acceptors (Lipinski definition) is 12. The van der Waals surface area contributed by atoms with Crippen molar-refractivity contribution in [2.75, 3.05) is 20.3 Å². The number of phenols is 3. The Bertz CT molecular complexity index is 3500. The summed E-state index contributed by atoms with van der Waals surface area (Å²) in [5.74, 6) is 9.53. The molecule has 0 aliphatic heterocycles. The van der Waals surface area contributed by atoms with E-state index >= 15 is 0 Å². The molecule has 1 aliphatic rings. The van der Waals surface area contributed by atoms with E-state index in [2.05, 4.69) is 202 Å². The van der Waals surface area contributed by atoms with Gasteiger partial charge in [0.15, 0.2) is 18.9 Å². The van der Waals surface area contributed by atoms with Crippen LogP contribution in [0.25, 0.3) is 0 Å². The molecule has 9 rings (SSSR count). The van der Waals surface area contributed by atoms with Crippen molar-refractivity contribution < 1.29 is 58.0 Å². The first-order valence-corrected chi connectivity index (χ1v) is 44.7. The topological polar surface area (TPSA) is 152 Å². The number of carbonyl (C=O) groups excluding carboxylic acids is 1. The van der Waals surface area contributed by atoms with Gasteiger partial charge in [-0.05, 0) is 323 Å². The van der Waals surface area contributed by atoms with Crippen molar-refractivity contribution in [3.05, 3.63) is 245 Å². The van der Waals surface area contributed by atoms with Crippen molar-refractivity contribution in [1.29, 1.82) is 0 Å². The molecule has 118 heavy (non-hydrogen) atoms. The molecular formula is C106H162O12. The molecule has 0 aromatic heterocycles. The van der Waals surface area contributed by atoms with Gasteiger partial charge in [-0.3, -0.25) is 4.79 Å². The molecule has 0 radical (unpaired) electrons. The number of rotatable bonds is 32. The molecule has 0 saturated heterocycles. The first-order valence-electron chi connectivity index (χ1n) is 44.7. The monoisotopic (exact) mass is 1630 g/mol. The predicted molar refractivity (Wildman–Crippen MR) is 500 cm³/mol. The van der Waals surface area contributed by atoms with Crippen LogP contribution < -0.4 is 18.9 Å². The Hall–Kier alpha value is -8.29. The number of hydrogen-bond donors (Lipinski definition) is 3. The second-order valence-electron chi connectivity index (χ2n) is 32.2. The summed E-state index contributed by atoms with van der Waals surface area (Å²) in [6.45, 7) is 56.3. The SMILES string of the molecule is CCC(C)(C)C(=O)OC1CCCCC1.CCC(C)c1ccc(O)cc1.CCC(C)c1ccc(O)cc1.CCC(C)c1ccc(O)cc1.CCC(C)c1ccc(OC(C)C)cc1.CCC(C)c1ccc(OC(C)OC)cc1.CCC(C)c1ccccc1.CCOC(C)Oc1ccc(C(C)CC)cc1.CCOC(C)Oc1ccc(C(C)CC)cc1. The van der Waals surface area contributed by atoms with Crippen LogP contribution in [0.2, 0.25) is 0 Å². The van der Waals surface area contributed by atoms with E-state index in [1.807, 2.05) is 142 Å². The molecule has 658 valence electrons. The molecule has 0 bridgehead atoms. The van der Waals surface area contributed by atoms with Crippen LogP contribution in [-0.4, -0.2) is 72.7 Å². The summed E-state index contributed by atoms with van der Waals surface area (Å²) in [6.07, 6.45) is 15.9. The lowest BCUT2D eigenvalue weighted by Gasteiger charge is -2.27. The summed E-state index contributed by atoms with van der Waals surface area (Å²) in [6, 6.07) is 66.1. The zero-order chi connectivity index (χ0) is 88.5. The van der Waals surface area contributed by atoms with Crippen LogP contribution in [0.1, 0.15) is 362 Å². The van der Waals surface area contributed by atoms with Gasteiger partial charge in [0.1, 0.15) is 46.4 Å². The number of carbonyl (C=O) groups is 1. The highest BCUT2D eigenvalue weighted by Gasteiger charge is 2.30. The summed E-state index contributed by atoms with van der Waals surface area (Å²) in [4.78, 5) is 11.7. The first-order chi connectivity index (χ1) is 56.2. The molecule has 12 heteroatoms. The van der Waals surface area contributed by atoms with Crippen LogP contribution in [0.3, 0.4) is 0 Å². The van der Waals surface area contributed by atoms with E-state index in [0.717, 1.165) is 80.8 Å². The minimum Gasteiger partial charge on any atom is -0.508 e. The summed E-state index contributed by atoms with van der Waals surface area (Å²) in [7, 11) is 1.64. The van der Waals surface area contributed by atoms with Crippen molar-refractivity contribution in [3.8, 4) is 40.2 Å². The fourth-order valence-electron chi connectivity index (χ4n) is 11.6. The molecule has 0 heterocycles. The standard InChI is InChI=1S/2C14H22O2.C13H20O2.C13H20O.C12H22O2.3C10H14O.C10H14/c2*1-5-11(3)13-7-9-14(10-8-13)16-12(4)15-6-2;1-5-10(2)12-6-8-13(9-7-12)15-11(3)14-4;1-5-11(4)12-6-8-13(9-7-12)14-10(2)3;1-4-12(2,3)11(13)14-10-8-6-5-7-9-10;3*1-3-8(2)9-4-6-10(11)7-5-9;1-3-9(2)10-7-5-4-6-8-10/h2*7-12H,5-6H2,1-4H3;6-11H,5H2,1-4H3;6-11H,5H2,1-4H3;10H,4-9H2,1-3H3;3*4-8,11H,3H2,1-2H3;4-9H,3H2,1-2H3. The van der Waals surface area contributed by atoms with Gasteiger partial charge in [-0.15, -0.1) is 0 Å². The number of esters is 1. The molecule has 0 amide bonds. The van der Waals surface area contributed by atoms with Gasteiger partial charge in [0.25, 0.3) is 0 Å². The van der Waals surface area contributed by atoms with E-state index in [1.165, 1.54) is 76.6 Å². The maximum absolute atomic E-state index is 11.7. The van der Waals surface area contributed by atoms with Gasteiger partial charge < -0.3 is 53.2 Å². The molecule has 1 fully saturated rings. The quantitative estimate of drug-likeness (QED) is 0.0272. The molecule has 0 spiro atoms. The van der Waals surface area contributed by atoms with Crippen LogP contribution in [0.4, 0.5) is 0 Å². The van der Waals surface area contributed by atoms with E-state index in [4.69, 9.17) is 53.2 Å². The number of aromatic hydroxyl groups is 3. The highest BCUT2D eigenvalue weighted by atomic mass is 16.7. The number of ether oxygens (including phenoxy) is 8. The second kappa shape index (κ2) is 62.8. The van der Waals surface area contributed by atoms with Crippen LogP contribution in [0, 0.1) is 5.41 Å². The Kier molecular flexibility index (Phi) is 57.3. The normalized spacial score (nSPS) is 14.3. The van der Waals surface area contributed by atoms with Crippen molar-refractivity contribution in [3.63, 3.8) is 0 Å². The Balaban J connectivity index is 0.000000666. The van der Waals surface area contributed by atoms with Gasteiger partial charge in [-0.1, -0.05) is 239 Å². The lowest BCUT2D eigenvalue weighted by Crippen LogP contribution is -2.31. The number of phenolic OH excluding ortho intramolecular Hbond substituents is 3. The van der Waals surface area contributed by atoms with E-state index in [-0.39, 0.29) is 42.5 Å². The van der Waals surface area contributed by atoms with E-state index in [1.54, 1.807) is 43.5 Å². The molecular weight excluding hydrogens is 1470 g/mol. The Morgan fingerprint density at radius 2 is 0.551 bits per heavy atom. The highest BCUT2D eigenvalue weighted by Crippen LogP contribution is 2.31. The van der Waals surface area contributed by atoms with Gasteiger partial charge in [0, 0.05) is 20.3 Å². The summed E-state index contributed by atoms with van der Waals surface area (Å²) >= 11 is 0. The van der Waals surface area contributed by atoms with Crippen molar-refractivity contribution in [1.82, 2.24) is 0 Å². The van der Waals surface area contributed by atoms with Crippen molar-refractivity contribution in [2.24, 2.45) is 5.41 Å². The van der Waals surface area contributed by atoms with Crippen LogP contribution in [-0.2, 0) is 23.7 Å². The van der Waals surface area contributed by atoms with Crippen molar-refractivity contribution >= 4 is 5.97 Å². The van der Waals surface area contributed by atoms with Gasteiger partial charge in [-0.25, -0.2) is 0 Å². The maximum Gasteiger partial charge on any atom is 0.311 e. The third-order valence-electron chi connectivity index (χ3n) is 22.1. The Morgan fingerprint density at radius 1 is 0.322 bits per heavy atom. The third kappa shape index (κ3) is 46.3. The van der Waals surface area contributed by atoms with Crippen LogP contribution in [0.5, 0.6) is 40.2 Å². The minimum absolute atomic E-state index is 0.0214. The van der Waals surface area contributed by atoms with Gasteiger partial charge in [0.05, 0.1) is 11.5 Å². The van der Waals surface area contributed by atoms with E-state index in [0.29, 0.717) is 77.8 Å². The number of methoxy groups -OCH3 is 1. The van der Waals surface area contributed by atoms with E-state index in [9.17, 15) is 4.79 Å². The smallest absolute Gasteiger partial charge is 0.311 e. The fourth-order valence-corrected chi connectivity index (χ4v) is 11.6. The molecule has 11 unspecified atom stereocenters. The zero-order valence-electron chi connectivity index (χ0n) is 78.4. The molecule has 11 atom stereocenters. The second-order valence-corrected chi connectivity index (χ2v) is 32.2. The zero-order valence-corrected chi connectivity index (χ0v) is 78.4.